The van der Waals surface area contributed by atoms with E-state index in [0.717, 1.165) is 90.3 Å². The highest BCUT2D eigenvalue weighted by molar-refractivity contribution is 5.69. The van der Waals surface area contributed by atoms with Gasteiger partial charge in [-0.3, -0.25) is 4.79 Å². The molecule has 0 aromatic carbocycles. The Hall–Kier alpha value is -1.29. The fourth-order valence-electron chi connectivity index (χ4n) is 5.99. The summed E-state index contributed by atoms with van der Waals surface area (Å²) in [5.74, 6) is -0.148. The first-order valence-electron chi connectivity index (χ1n) is 15.7. The Kier molecular flexibility index (Phi) is 15.8. The zero-order chi connectivity index (χ0) is 28.6. The molecule has 40 heavy (non-hydrogen) atoms. The molecule has 1 N–H and O–H groups in total. The summed E-state index contributed by atoms with van der Waals surface area (Å²) in [6.07, 6.45) is 19.7. The molecule has 0 spiro atoms. The Morgan fingerprint density at radius 1 is 1.02 bits per heavy atom. The van der Waals surface area contributed by atoms with E-state index < -0.39 is 6.10 Å². The molecule has 0 amide bonds. The van der Waals surface area contributed by atoms with Gasteiger partial charge in [-0.25, -0.2) is 0 Å². The first kappa shape index (κ1) is 33.2. The second-order valence-electron chi connectivity index (χ2n) is 11.4. The van der Waals surface area contributed by atoms with Crippen LogP contribution in [0.5, 0.6) is 0 Å². The summed E-state index contributed by atoms with van der Waals surface area (Å²) >= 11 is 0. The average molecular weight is 567 g/mol. The predicted octanol–water partition coefficient (Wildman–Crippen LogP) is 5.86. The minimum absolute atomic E-state index is 0.0160. The molecule has 1 saturated carbocycles. The topological polar surface area (TPSA) is 92.7 Å². The van der Waals surface area contributed by atoms with E-state index in [0.29, 0.717) is 12.8 Å². The van der Waals surface area contributed by atoms with E-state index in [-0.39, 0.29) is 48.7 Å². The van der Waals surface area contributed by atoms with Crippen LogP contribution in [0.3, 0.4) is 0 Å². The Morgan fingerprint density at radius 3 is 2.42 bits per heavy atom. The summed E-state index contributed by atoms with van der Waals surface area (Å²) in [5.41, 5.74) is 0. The van der Waals surface area contributed by atoms with Gasteiger partial charge in [-0.05, 0) is 70.1 Å². The molecule has 230 valence electrons. The number of aliphatic hydroxyl groups is 1. The highest BCUT2D eigenvalue weighted by Gasteiger charge is 2.42. The third kappa shape index (κ3) is 11.2. The molecule has 0 bridgehead atoms. The van der Waals surface area contributed by atoms with E-state index in [1.807, 2.05) is 0 Å². The fraction of sp³-hybridized carbons (Fsp3) is 0.844. The van der Waals surface area contributed by atoms with Gasteiger partial charge < -0.3 is 33.5 Å². The van der Waals surface area contributed by atoms with Gasteiger partial charge in [0.1, 0.15) is 6.10 Å². The number of aliphatic hydroxyl groups excluding tert-OH is 1. The number of carbonyl (C=O) groups is 1. The monoisotopic (exact) mass is 566 g/mol. The Labute approximate surface area is 241 Å². The molecule has 2 aliphatic heterocycles. The summed E-state index contributed by atoms with van der Waals surface area (Å²) in [6.45, 7) is 3.64. The molecular weight excluding hydrogens is 512 g/mol. The van der Waals surface area contributed by atoms with Crippen molar-refractivity contribution in [1.29, 1.82) is 0 Å². The van der Waals surface area contributed by atoms with Gasteiger partial charge >= 0.3 is 5.97 Å². The summed E-state index contributed by atoms with van der Waals surface area (Å²) in [7, 11) is 3.17. The number of allylic oxidation sites excluding steroid dienone is 2. The van der Waals surface area contributed by atoms with Crippen LogP contribution in [0.2, 0.25) is 0 Å². The standard InChI is InChI=1S/C32H54O8/c1-4-5-15-27(35-2)28(39-31-17-10-12-21-37-31)20-19-25-24(14-8-6-7-9-16-30(34)36-3)26(33)23-29(25)40-32-18-11-13-22-38-32/h6,8,19-20,24-29,31-33H,4-5,7,9-18,21-23H2,1-3H3/b8-6-,20-19+/t24-,25-,26+,27?,28?,29-,31?,32?/m1/s1. The number of rotatable bonds is 17. The third-order valence-corrected chi connectivity index (χ3v) is 8.39. The third-order valence-electron chi connectivity index (χ3n) is 8.39. The molecule has 0 aromatic rings. The normalized spacial score (nSPS) is 31.1. The van der Waals surface area contributed by atoms with Crippen LogP contribution < -0.4 is 0 Å². The van der Waals surface area contributed by atoms with E-state index in [2.05, 4.69) is 31.2 Å². The Balaban J connectivity index is 1.73. The van der Waals surface area contributed by atoms with Gasteiger partial charge in [-0.2, -0.15) is 0 Å². The van der Waals surface area contributed by atoms with Crippen molar-refractivity contribution in [3.05, 3.63) is 24.3 Å². The van der Waals surface area contributed by atoms with Crippen molar-refractivity contribution in [1.82, 2.24) is 0 Å². The van der Waals surface area contributed by atoms with Crippen LogP contribution >= 0.6 is 0 Å². The molecule has 3 aliphatic rings. The van der Waals surface area contributed by atoms with Crippen LogP contribution in [0.1, 0.15) is 96.8 Å². The van der Waals surface area contributed by atoms with Crippen molar-refractivity contribution < 1.29 is 38.3 Å². The summed E-state index contributed by atoms with van der Waals surface area (Å²) in [4.78, 5) is 11.4. The Morgan fingerprint density at radius 2 is 1.77 bits per heavy atom. The lowest BCUT2D eigenvalue weighted by Crippen LogP contribution is -2.36. The number of hydrogen-bond donors (Lipinski definition) is 1. The number of hydrogen-bond acceptors (Lipinski definition) is 8. The summed E-state index contributed by atoms with van der Waals surface area (Å²) in [5, 5.41) is 11.1. The van der Waals surface area contributed by atoms with Gasteiger partial charge in [-0.1, -0.05) is 44.1 Å². The maximum absolute atomic E-state index is 11.4. The van der Waals surface area contributed by atoms with Crippen LogP contribution in [0, 0.1) is 11.8 Å². The number of methoxy groups -OCH3 is 2. The van der Waals surface area contributed by atoms with E-state index in [9.17, 15) is 9.90 Å². The van der Waals surface area contributed by atoms with Gasteiger partial charge in [0.15, 0.2) is 12.6 Å². The van der Waals surface area contributed by atoms with Crippen molar-refractivity contribution in [3.63, 3.8) is 0 Å². The van der Waals surface area contributed by atoms with Crippen molar-refractivity contribution in [3.8, 4) is 0 Å². The molecular formula is C32H54O8. The number of carbonyl (C=O) groups excluding carboxylic acids is 1. The molecule has 3 rings (SSSR count). The predicted molar refractivity (Wildman–Crippen MR) is 154 cm³/mol. The summed E-state index contributed by atoms with van der Waals surface area (Å²) in [6, 6.07) is 0. The number of unbranched alkanes of at least 4 members (excludes halogenated alkanes) is 2. The molecule has 1 aliphatic carbocycles. The molecule has 8 heteroatoms. The van der Waals surface area contributed by atoms with E-state index >= 15 is 0 Å². The molecule has 8 atom stereocenters. The fourth-order valence-corrected chi connectivity index (χ4v) is 5.99. The largest absolute Gasteiger partial charge is 0.469 e. The molecule has 2 heterocycles. The zero-order valence-electron chi connectivity index (χ0n) is 25.0. The highest BCUT2D eigenvalue weighted by Crippen LogP contribution is 2.40. The van der Waals surface area contributed by atoms with E-state index in [1.165, 1.54) is 7.11 Å². The molecule has 0 aromatic heterocycles. The van der Waals surface area contributed by atoms with E-state index in [4.69, 9.17) is 28.4 Å². The van der Waals surface area contributed by atoms with Crippen LogP contribution in [-0.4, -0.2) is 75.5 Å². The number of ether oxygens (including phenoxy) is 6. The van der Waals surface area contributed by atoms with E-state index in [1.54, 1.807) is 7.11 Å². The van der Waals surface area contributed by atoms with Gasteiger partial charge in [0.05, 0.1) is 25.4 Å². The minimum atomic E-state index is -0.470. The highest BCUT2D eigenvalue weighted by atomic mass is 16.7. The van der Waals surface area contributed by atoms with Gasteiger partial charge in [0.25, 0.3) is 0 Å². The van der Waals surface area contributed by atoms with Crippen LogP contribution in [-0.2, 0) is 33.2 Å². The molecule has 0 radical (unpaired) electrons. The lowest BCUT2D eigenvalue weighted by Gasteiger charge is -2.32. The summed E-state index contributed by atoms with van der Waals surface area (Å²) < 4.78 is 35.4. The van der Waals surface area contributed by atoms with Gasteiger partial charge in [0, 0.05) is 39.1 Å². The molecule has 4 unspecified atom stereocenters. The van der Waals surface area contributed by atoms with Crippen LogP contribution in [0.25, 0.3) is 0 Å². The second kappa shape index (κ2) is 19.0. The zero-order valence-corrected chi connectivity index (χ0v) is 25.0. The number of esters is 1. The van der Waals surface area contributed by atoms with Crippen molar-refractivity contribution in [2.75, 3.05) is 27.4 Å². The molecule has 3 fully saturated rings. The second-order valence-corrected chi connectivity index (χ2v) is 11.4. The quantitative estimate of drug-likeness (QED) is 0.133. The van der Waals surface area contributed by atoms with Crippen molar-refractivity contribution in [2.24, 2.45) is 11.8 Å². The lowest BCUT2D eigenvalue weighted by atomic mass is 9.89. The SMILES string of the molecule is CCCCC(OC)C(/C=C/[C@@H]1[C@@H](C/C=C\CCCC(=O)OC)[C@@H](O)C[C@H]1OC1CCCCO1)OC1CCCCO1. The van der Waals surface area contributed by atoms with Crippen molar-refractivity contribution >= 4 is 5.97 Å². The average Bonchev–Trinajstić information content (AvgIpc) is 3.27. The smallest absolute Gasteiger partial charge is 0.305 e. The van der Waals surface area contributed by atoms with Crippen LogP contribution in [0.4, 0.5) is 0 Å². The van der Waals surface area contributed by atoms with Gasteiger partial charge in [0.2, 0.25) is 0 Å². The molecule has 2 saturated heterocycles. The maximum atomic E-state index is 11.4. The van der Waals surface area contributed by atoms with Gasteiger partial charge in [-0.15, -0.1) is 0 Å². The first-order chi connectivity index (χ1) is 19.5. The first-order valence-corrected chi connectivity index (χ1v) is 15.7. The van der Waals surface area contributed by atoms with Crippen LogP contribution in [0.15, 0.2) is 24.3 Å². The lowest BCUT2D eigenvalue weighted by molar-refractivity contribution is -0.199. The maximum Gasteiger partial charge on any atom is 0.305 e. The Bertz CT molecular complexity index is 743. The molecule has 8 nitrogen and oxygen atoms in total. The minimum Gasteiger partial charge on any atom is -0.469 e. The van der Waals surface area contributed by atoms with Crippen molar-refractivity contribution in [2.45, 2.75) is 134 Å².